The highest BCUT2D eigenvalue weighted by molar-refractivity contribution is 7.58. The van der Waals surface area contributed by atoms with Gasteiger partial charge in [-0.2, -0.15) is 13.8 Å². The van der Waals surface area contributed by atoms with Crippen molar-refractivity contribution < 1.29 is 0 Å². The highest BCUT2D eigenvalue weighted by Gasteiger charge is 2.18. The second-order valence-corrected chi connectivity index (χ2v) is 6.90. The molecule has 0 aliphatic carbocycles. The first-order chi connectivity index (χ1) is 12.2. The van der Waals surface area contributed by atoms with E-state index in [0.29, 0.717) is 28.0 Å². The number of rotatable bonds is 5. The zero-order chi connectivity index (χ0) is 17.2. The van der Waals surface area contributed by atoms with Gasteiger partial charge >= 0.3 is 0 Å². The summed E-state index contributed by atoms with van der Waals surface area (Å²) in [6.45, 7) is 1.32. The Labute approximate surface area is 158 Å². The maximum atomic E-state index is 6.31. The van der Waals surface area contributed by atoms with Crippen LogP contribution in [0.2, 0.25) is 10.0 Å². The van der Waals surface area contributed by atoms with Crippen LogP contribution in [0.5, 0.6) is 0 Å². The van der Waals surface area contributed by atoms with E-state index in [4.69, 9.17) is 23.2 Å². The molecule has 0 atom stereocenters. The van der Waals surface area contributed by atoms with Gasteiger partial charge in [0, 0.05) is 18.3 Å². The van der Waals surface area contributed by atoms with Crippen LogP contribution >= 0.6 is 23.2 Å². The van der Waals surface area contributed by atoms with Crippen LogP contribution in [-0.4, -0.2) is 9.78 Å². The summed E-state index contributed by atoms with van der Waals surface area (Å²) in [5.74, 6) is 0. The predicted octanol–water partition coefficient (Wildman–Crippen LogP) is 5.58. The van der Waals surface area contributed by atoms with E-state index in [9.17, 15) is 0 Å². The van der Waals surface area contributed by atoms with Gasteiger partial charge in [0.15, 0.2) is 0 Å². The lowest BCUT2D eigenvalue weighted by Gasteiger charge is -2.11. The average Bonchev–Trinajstić information content (AvgIpc) is 3.25. The molecule has 1 aromatic heterocycles. The van der Waals surface area contributed by atoms with Gasteiger partial charge in [0.25, 0.3) is 0 Å². The molecule has 0 radical (unpaired) electrons. The molecule has 0 bridgehead atoms. The molecule has 5 nitrogen and oxygen atoms in total. The summed E-state index contributed by atoms with van der Waals surface area (Å²) < 4.78 is 10.4. The lowest BCUT2D eigenvalue weighted by atomic mass is 10.2. The van der Waals surface area contributed by atoms with E-state index in [0.717, 1.165) is 29.2 Å². The van der Waals surface area contributed by atoms with Gasteiger partial charge in [0.1, 0.15) is 11.4 Å². The Morgan fingerprint density at radius 1 is 1.00 bits per heavy atom. The standard InChI is InChI=1S/C17H13Cl2N5S/c18-13-6-14(19)16-17(23-25-22-16)15(13)20-7-12-8-21-24(10-12)9-11-4-2-1-3-5-11/h1-6,8,10,20H,7,9H2. The molecule has 2 heterocycles. The number of nitrogens with one attached hydrogen (secondary N) is 1. The van der Waals surface area contributed by atoms with E-state index in [1.807, 2.05) is 35.3 Å². The van der Waals surface area contributed by atoms with Crippen molar-refractivity contribution in [1.82, 2.24) is 9.78 Å². The number of anilines is 1. The number of fused-ring (bicyclic) bond motifs is 1. The van der Waals surface area contributed by atoms with Crippen LogP contribution in [0.15, 0.2) is 57.5 Å². The maximum Gasteiger partial charge on any atom is 0.130 e. The summed E-state index contributed by atoms with van der Waals surface area (Å²) in [4.78, 5) is 0. The zero-order valence-corrected chi connectivity index (χ0v) is 15.3. The summed E-state index contributed by atoms with van der Waals surface area (Å²) in [5, 5.41) is 8.77. The second kappa shape index (κ2) is 7.00. The number of aromatic nitrogens is 2. The van der Waals surface area contributed by atoms with E-state index < -0.39 is 0 Å². The molecule has 126 valence electrons. The van der Waals surface area contributed by atoms with Crippen LogP contribution in [0, 0.1) is 0 Å². The fraction of sp³-hybridized carbons (Fsp3) is 0.118. The second-order valence-electron chi connectivity index (χ2n) is 5.56. The van der Waals surface area contributed by atoms with Crippen LogP contribution in [0.3, 0.4) is 0 Å². The predicted molar refractivity (Wildman–Crippen MR) is 103 cm³/mol. The molecule has 3 aromatic rings. The number of nitrogens with zero attached hydrogens (tertiary/aromatic N) is 4. The van der Waals surface area contributed by atoms with Gasteiger partial charge < -0.3 is 5.32 Å². The Morgan fingerprint density at radius 2 is 1.80 bits per heavy atom. The molecule has 0 amide bonds. The molecule has 8 heteroatoms. The Bertz CT molecular complexity index is 994. The molecule has 1 aliphatic rings. The first-order valence-corrected chi connectivity index (χ1v) is 9.09. The van der Waals surface area contributed by atoms with Crippen LogP contribution in [-0.2, 0) is 24.4 Å². The number of benzene rings is 2. The quantitative estimate of drug-likeness (QED) is 0.484. The lowest BCUT2D eigenvalue weighted by Crippen LogP contribution is -2.01. The van der Waals surface area contributed by atoms with Crippen molar-refractivity contribution in [1.29, 1.82) is 0 Å². The molecular formula is C17H13Cl2N5S. The monoisotopic (exact) mass is 389 g/mol. The van der Waals surface area contributed by atoms with Gasteiger partial charge in [-0.25, -0.2) is 0 Å². The summed E-state index contributed by atoms with van der Waals surface area (Å²) in [7, 11) is 0. The van der Waals surface area contributed by atoms with Crippen molar-refractivity contribution in [3.05, 3.63) is 70.0 Å². The van der Waals surface area contributed by atoms with Crippen molar-refractivity contribution in [2.24, 2.45) is 8.73 Å². The van der Waals surface area contributed by atoms with Gasteiger partial charge in [-0.15, -0.1) is 0 Å². The molecule has 4 rings (SSSR count). The van der Waals surface area contributed by atoms with Crippen LogP contribution in [0.25, 0.3) is 0 Å². The first-order valence-electron chi connectivity index (χ1n) is 7.60. The van der Waals surface area contributed by atoms with E-state index >= 15 is 0 Å². The van der Waals surface area contributed by atoms with Crippen molar-refractivity contribution in [3.63, 3.8) is 0 Å². The fourth-order valence-electron chi connectivity index (χ4n) is 2.59. The van der Waals surface area contributed by atoms with Crippen LogP contribution < -0.4 is 5.32 Å². The van der Waals surface area contributed by atoms with E-state index in [1.54, 1.807) is 6.07 Å². The van der Waals surface area contributed by atoms with Crippen LogP contribution in [0.4, 0.5) is 17.1 Å². The van der Waals surface area contributed by atoms with Gasteiger partial charge in [0.05, 0.1) is 39.8 Å². The topological polar surface area (TPSA) is 54.6 Å². The third-order valence-electron chi connectivity index (χ3n) is 3.79. The first kappa shape index (κ1) is 16.3. The molecule has 2 aromatic carbocycles. The summed E-state index contributed by atoms with van der Waals surface area (Å²) in [6.07, 6.45) is 3.86. The number of halogens is 2. The average molecular weight is 390 g/mol. The van der Waals surface area contributed by atoms with Crippen LogP contribution in [0.1, 0.15) is 11.1 Å². The smallest absolute Gasteiger partial charge is 0.130 e. The Morgan fingerprint density at radius 3 is 2.64 bits per heavy atom. The van der Waals surface area contributed by atoms with Gasteiger partial charge in [0.2, 0.25) is 0 Å². The summed E-state index contributed by atoms with van der Waals surface area (Å²) in [5.41, 5.74) is 4.36. The molecular weight excluding hydrogens is 377 g/mol. The van der Waals surface area contributed by atoms with Gasteiger partial charge in [-0.1, -0.05) is 53.5 Å². The largest absolute Gasteiger partial charge is 0.378 e. The molecule has 1 N–H and O–H groups in total. The minimum absolute atomic E-state index is 0.509. The molecule has 0 spiro atoms. The molecule has 25 heavy (non-hydrogen) atoms. The van der Waals surface area contributed by atoms with E-state index in [2.05, 4.69) is 31.3 Å². The van der Waals surface area contributed by atoms with Gasteiger partial charge in [-0.3, -0.25) is 4.68 Å². The van der Waals surface area contributed by atoms with Crippen molar-refractivity contribution >= 4 is 51.6 Å². The van der Waals surface area contributed by atoms with E-state index in [1.165, 1.54) is 5.56 Å². The lowest BCUT2D eigenvalue weighted by molar-refractivity contribution is 0.686. The summed E-state index contributed by atoms with van der Waals surface area (Å²) >= 11 is 13.6. The highest BCUT2D eigenvalue weighted by atomic mass is 35.5. The minimum Gasteiger partial charge on any atom is -0.378 e. The van der Waals surface area contributed by atoms with E-state index in [-0.39, 0.29) is 0 Å². The molecule has 1 aliphatic heterocycles. The third kappa shape index (κ3) is 3.46. The molecule has 0 saturated heterocycles. The Balaban J connectivity index is 1.48. The highest BCUT2D eigenvalue weighted by Crippen LogP contribution is 2.47. The summed E-state index contributed by atoms with van der Waals surface area (Å²) in [6, 6.07) is 11.9. The molecule has 0 saturated carbocycles. The Kier molecular flexibility index (Phi) is 4.57. The van der Waals surface area contributed by atoms with Crippen molar-refractivity contribution in [3.8, 4) is 0 Å². The number of hydrogen-bond donors (Lipinski definition) is 1. The van der Waals surface area contributed by atoms with Crippen molar-refractivity contribution in [2.45, 2.75) is 13.1 Å². The molecule has 0 fully saturated rings. The Hall–Kier alpha value is -2.15. The third-order valence-corrected chi connectivity index (χ3v) is 4.90. The van der Waals surface area contributed by atoms with Crippen molar-refractivity contribution in [2.75, 3.05) is 5.32 Å². The molecule has 0 unspecified atom stereocenters. The fourth-order valence-corrected chi connectivity index (χ4v) is 3.77. The minimum atomic E-state index is 0.509. The zero-order valence-electron chi connectivity index (χ0n) is 13.0. The van der Waals surface area contributed by atoms with Gasteiger partial charge in [-0.05, 0) is 11.6 Å². The maximum absolute atomic E-state index is 6.31. The normalized spacial score (nSPS) is 12.1. The number of hydrogen-bond acceptors (Lipinski definition) is 4. The SMILES string of the molecule is Clc1cc(Cl)c(NCc2cnn(Cc3ccccc3)c2)c2c1N=S=N2.